The second-order valence-electron chi connectivity index (χ2n) is 8.66. The highest BCUT2D eigenvalue weighted by molar-refractivity contribution is 8.13. The van der Waals surface area contributed by atoms with Crippen LogP contribution in [0.3, 0.4) is 0 Å². The molecule has 1 aliphatic rings. The lowest BCUT2D eigenvalue weighted by Gasteiger charge is -2.46. The van der Waals surface area contributed by atoms with E-state index in [0.717, 1.165) is 11.6 Å². The molecule has 0 aliphatic carbocycles. The maximum atomic E-state index is 12.7. The Morgan fingerprint density at radius 3 is 2.05 bits per heavy atom. The smallest absolute Gasteiger partial charge is 0.309 e. The summed E-state index contributed by atoms with van der Waals surface area (Å²) in [7, 11) is 1.82. The molecule has 0 saturated carbocycles. The lowest BCUT2D eigenvalue weighted by atomic mass is 9.81. The van der Waals surface area contributed by atoms with Gasteiger partial charge in [-0.15, -0.1) is 0 Å². The fourth-order valence-electron chi connectivity index (χ4n) is 2.76. The van der Waals surface area contributed by atoms with E-state index in [0.29, 0.717) is 5.88 Å². The molecule has 1 aliphatic heterocycles. The van der Waals surface area contributed by atoms with Crippen molar-refractivity contribution in [3.8, 4) is 0 Å². The molecular formula is C16H31N3OS. The van der Waals surface area contributed by atoms with Gasteiger partial charge in [0.1, 0.15) is 0 Å². The average Bonchev–Trinajstić information content (AvgIpc) is 2.19. The number of amidine groups is 1. The maximum absolute atomic E-state index is 12.7. The highest BCUT2D eigenvalue weighted by Crippen LogP contribution is 2.35. The summed E-state index contributed by atoms with van der Waals surface area (Å²) in [5.41, 5.74) is -0.142. The van der Waals surface area contributed by atoms with Gasteiger partial charge in [0, 0.05) is 12.6 Å². The van der Waals surface area contributed by atoms with Gasteiger partial charge in [0.15, 0.2) is 5.17 Å². The van der Waals surface area contributed by atoms with E-state index in [4.69, 9.17) is 0 Å². The summed E-state index contributed by atoms with van der Waals surface area (Å²) in [6.07, 6.45) is 0.964. The molecule has 0 radical (unpaired) electrons. The molecule has 1 fully saturated rings. The van der Waals surface area contributed by atoms with E-state index in [1.54, 1.807) is 16.7 Å². The lowest BCUT2D eigenvalue weighted by Crippen LogP contribution is -2.57. The molecule has 122 valence electrons. The zero-order valence-corrected chi connectivity index (χ0v) is 15.9. The molecule has 0 aromatic carbocycles. The first-order valence-corrected chi connectivity index (χ1v) is 8.49. The molecule has 2 amide bonds. The summed E-state index contributed by atoms with van der Waals surface area (Å²) in [4.78, 5) is 21.0. The van der Waals surface area contributed by atoms with Gasteiger partial charge in [0.2, 0.25) is 0 Å². The van der Waals surface area contributed by atoms with E-state index in [-0.39, 0.29) is 22.5 Å². The minimum Gasteiger partial charge on any atom is -0.309 e. The minimum atomic E-state index is -0.167. The summed E-state index contributed by atoms with van der Waals surface area (Å²) >= 11 is 1.64. The molecule has 1 heterocycles. The number of urea groups is 1. The Kier molecular flexibility index (Phi) is 5.09. The fraction of sp³-hybridized carbons (Fsp3) is 0.875. The van der Waals surface area contributed by atoms with Crippen molar-refractivity contribution in [3.05, 3.63) is 0 Å². The molecule has 5 heteroatoms. The van der Waals surface area contributed by atoms with E-state index in [2.05, 4.69) is 60.4 Å². The molecule has 1 saturated heterocycles. The molecule has 0 N–H and O–H groups in total. The second kappa shape index (κ2) is 5.82. The Morgan fingerprint density at radius 1 is 1.10 bits per heavy atom. The molecule has 0 aromatic rings. The van der Waals surface area contributed by atoms with Crippen molar-refractivity contribution < 1.29 is 4.79 Å². The summed E-state index contributed by atoms with van der Waals surface area (Å²) in [6.45, 7) is 17.1. The fourth-order valence-corrected chi connectivity index (χ4v) is 4.07. The highest BCUT2D eigenvalue weighted by Gasteiger charge is 2.40. The standard InChI is InChI=1S/C16H31N3OS/c1-14(2,3)10-16(7,8)19-11-21-12(17-15(4,5)6)18(9)13(19)20/h10-11H2,1-9H3. The van der Waals surface area contributed by atoms with Crippen molar-refractivity contribution in [3.63, 3.8) is 0 Å². The minimum absolute atomic E-state index is 0.0472. The molecule has 0 unspecified atom stereocenters. The van der Waals surface area contributed by atoms with Gasteiger partial charge in [-0.25, -0.2) is 4.79 Å². The van der Waals surface area contributed by atoms with Crippen LogP contribution in [0.4, 0.5) is 4.79 Å². The summed E-state index contributed by atoms with van der Waals surface area (Å²) in [5, 5.41) is 0.815. The third kappa shape index (κ3) is 5.20. The Labute approximate surface area is 134 Å². The molecule has 21 heavy (non-hydrogen) atoms. The SMILES string of the molecule is CN1C(=O)N(C(C)(C)CC(C)(C)C)CSC1=NC(C)(C)C. The molecule has 0 bridgehead atoms. The average molecular weight is 314 g/mol. The summed E-state index contributed by atoms with van der Waals surface area (Å²) in [6, 6.07) is 0.0472. The number of rotatable bonds is 2. The number of hydrogen-bond donors (Lipinski definition) is 0. The largest absolute Gasteiger partial charge is 0.326 e. The molecule has 0 atom stereocenters. The predicted octanol–water partition coefficient (Wildman–Crippen LogP) is 4.41. The van der Waals surface area contributed by atoms with E-state index >= 15 is 0 Å². The van der Waals surface area contributed by atoms with E-state index < -0.39 is 0 Å². The van der Waals surface area contributed by atoms with Gasteiger partial charge in [-0.1, -0.05) is 32.5 Å². The number of nitrogens with zero attached hydrogens (tertiary/aromatic N) is 3. The van der Waals surface area contributed by atoms with Crippen LogP contribution >= 0.6 is 11.8 Å². The van der Waals surface area contributed by atoms with Crippen molar-refractivity contribution in [2.45, 2.75) is 72.9 Å². The molecule has 0 spiro atoms. The van der Waals surface area contributed by atoms with Crippen LogP contribution in [0.2, 0.25) is 0 Å². The van der Waals surface area contributed by atoms with Crippen molar-refractivity contribution >= 4 is 23.0 Å². The van der Waals surface area contributed by atoms with E-state index in [1.165, 1.54) is 0 Å². The van der Waals surface area contributed by atoms with Crippen LogP contribution in [-0.4, -0.2) is 45.0 Å². The number of carbonyl (C=O) groups excluding carboxylic acids is 1. The molecule has 1 rings (SSSR count). The Hall–Kier alpha value is -0.710. The van der Waals surface area contributed by atoms with Gasteiger partial charge in [0.25, 0.3) is 0 Å². The van der Waals surface area contributed by atoms with Crippen LogP contribution in [0.25, 0.3) is 0 Å². The highest BCUT2D eigenvalue weighted by atomic mass is 32.2. The van der Waals surface area contributed by atoms with Gasteiger partial charge < -0.3 is 4.90 Å². The molecular weight excluding hydrogens is 282 g/mol. The van der Waals surface area contributed by atoms with Gasteiger partial charge >= 0.3 is 6.03 Å². The van der Waals surface area contributed by atoms with Gasteiger partial charge in [-0.05, 0) is 46.5 Å². The third-order valence-electron chi connectivity index (χ3n) is 3.25. The predicted molar refractivity (Wildman–Crippen MR) is 92.8 cm³/mol. The van der Waals surface area contributed by atoms with Crippen LogP contribution in [0.1, 0.15) is 61.8 Å². The van der Waals surface area contributed by atoms with Crippen molar-refractivity contribution in [1.82, 2.24) is 9.80 Å². The third-order valence-corrected chi connectivity index (χ3v) is 4.26. The quantitative estimate of drug-likeness (QED) is 0.757. The first-order chi connectivity index (χ1) is 9.23. The number of thioether (sulfide) groups is 1. The van der Waals surface area contributed by atoms with Crippen molar-refractivity contribution in [2.24, 2.45) is 10.4 Å². The molecule has 0 aromatic heterocycles. The van der Waals surface area contributed by atoms with E-state index in [9.17, 15) is 4.79 Å². The first kappa shape index (κ1) is 18.3. The maximum Gasteiger partial charge on any atom is 0.326 e. The Morgan fingerprint density at radius 2 is 1.62 bits per heavy atom. The first-order valence-electron chi connectivity index (χ1n) is 7.51. The zero-order valence-electron chi connectivity index (χ0n) is 15.1. The summed E-state index contributed by atoms with van der Waals surface area (Å²) < 4.78 is 0. The van der Waals surface area contributed by atoms with Crippen molar-refractivity contribution in [1.29, 1.82) is 0 Å². The number of hydrogen-bond acceptors (Lipinski definition) is 3. The molecule has 4 nitrogen and oxygen atoms in total. The summed E-state index contributed by atoms with van der Waals surface area (Å²) in [5.74, 6) is 0.668. The van der Waals surface area contributed by atoms with Crippen LogP contribution in [0.5, 0.6) is 0 Å². The lowest BCUT2D eigenvalue weighted by molar-refractivity contribution is 0.103. The van der Waals surface area contributed by atoms with Gasteiger partial charge in [-0.2, -0.15) is 0 Å². The van der Waals surface area contributed by atoms with Crippen LogP contribution < -0.4 is 0 Å². The topological polar surface area (TPSA) is 35.9 Å². The normalized spacial score (nSPS) is 20.4. The zero-order chi connectivity index (χ0) is 16.6. The van der Waals surface area contributed by atoms with E-state index in [1.807, 2.05) is 11.9 Å². The Balaban J connectivity index is 2.94. The number of carbonyl (C=O) groups is 1. The Bertz CT molecular complexity index is 430. The monoisotopic (exact) mass is 313 g/mol. The second-order valence-corrected chi connectivity index (χ2v) is 9.57. The van der Waals surface area contributed by atoms with Crippen LogP contribution in [0, 0.1) is 5.41 Å². The number of aliphatic imine (C=N–C) groups is 1. The van der Waals surface area contributed by atoms with Crippen molar-refractivity contribution in [2.75, 3.05) is 12.9 Å². The van der Waals surface area contributed by atoms with Gasteiger partial charge in [-0.3, -0.25) is 9.89 Å². The van der Waals surface area contributed by atoms with Crippen LogP contribution in [0.15, 0.2) is 4.99 Å². The van der Waals surface area contributed by atoms with Crippen LogP contribution in [-0.2, 0) is 0 Å². The number of amides is 2. The van der Waals surface area contributed by atoms with Gasteiger partial charge in [0.05, 0.1) is 11.4 Å².